The van der Waals surface area contributed by atoms with E-state index in [4.69, 9.17) is 14.2 Å². The van der Waals surface area contributed by atoms with Gasteiger partial charge in [-0.25, -0.2) is 4.79 Å². The summed E-state index contributed by atoms with van der Waals surface area (Å²) in [5, 5.41) is 2.35. The van der Waals surface area contributed by atoms with Crippen molar-refractivity contribution >= 4 is 23.8 Å². The van der Waals surface area contributed by atoms with Crippen molar-refractivity contribution in [2.24, 2.45) is 11.8 Å². The van der Waals surface area contributed by atoms with E-state index in [-0.39, 0.29) is 12.0 Å². The zero-order valence-corrected chi connectivity index (χ0v) is 17.3. The first-order valence-corrected chi connectivity index (χ1v) is 9.71. The molecular formula is C20H26N2O8. The lowest BCUT2D eigenvalue weighted by Crippen LogP contribution is -2.47. The van der Waals surface area contributed by atoms with Crippen molar-refractivity contribution in [3.63, 3.8) is 0 Å². The molecule has 164 valence electrons. The largest absolute Gasteiger partial charge is 0.463 e. The highest BCUT2D eigenvalue weighted by Gasteiger charge is 2.41. The summed E-state index contributed by atoms with van der Waals surface area (Å²) in [6.07, 6.45) is 0.845. The van der Waals surface area contributed by atoms with Gasteiger partial charge in [-0.1, -0.05) is 20.8 Å². The average Bonchev–Trinajstić information content (AvgIpc) is 2.73. The van der Waals surface area contributed by atoms with Crippen LogP contribution in [0.1, 0.15) is 44.5 Å². The summed E-state index contributed by atoms with van der Waals surface area (Å²) in [5.74, 6) is -4.20. The predicted molar refractivity (Wildman–Crippen MR) is 103 cm³/mol. The van der Waals surface area contributed by atoms with Crippen LogP contribution in [0.2, 0.25) is 0 Å². The molecule has 0 saturated carbocycles. The summed E-state index contributed by atoms with van der Waals surface area (Å²) < 4.78 is 16.0. The van der Waals surface area contributed by atoms with Crippen molar-refractivity contribution in [1.82, 2.24) is 10.3 Å². The van der Waals surface area contributed by atoms with E-state index in [1.165, 1.54) is 19.3 Å². The van der Waals surface area contributed by atoms with Gasteiger partial charge in [0, 0.05) is 18.5 Å². The molecule has 10 heteroatoms. The third-order valence-electron chi connectivity index (χ3n) is 4.68. The second-order valence-corrected chi connectivity index (χ2v) is 7.29. The molecule has 0 bridgehead atoms. The molecule has 1 aromatic rings. The Hall–Kier alpha value is -3.17. The topological polar surface area (TPSA) is 141 Å². The van der Waals surface area contributed by atoms with Crippen LogP contribution in [0.3, 0.4) is 0 Å². The van der Waals surface area contributed by atoms with Crippen molar-refractivity contribution in [3.8, 4) is 0 Å². The fourth-order valence-electron chi connectivity index (χ4n) is 2.91. The minimum atomic E-state index is -1.33. The Morgan fingerprint density at radius 3 is 2.57 bits per heavy atom. The van der Waals surface area contributed by atoms with E-state index in [9.17, 15) is 24.0 Å². The lowest BCUT2D eigenvalue weighted by molar-refractivity contribution is -0.176. The SMILES string of the molecule is CC[C@H]1C(=O)OCC(NC(=O)c2c[nH]ccc2=O)C(=O)O[C@@H](C)[C@@H]1OC(=O)C(C)C. The summed E-state index contributed by atoms with van der Waals surface area (Å²) in [5.41, 5.74) is -0.750. The number of rotatable bonds is 5. The molecule has 1 aromatic heterocycles. The number of cyclic esters (lactones) is 2. The number of aromatic nitrogens is 1. The predicted octanol–water partition coefficient (Wildman–Crippen LogP) is 0.556. The first-order valence-electron chi connectivity index (χ1n) is 9.71. The second kappa shape index (κ2) is 10.0. The van der Waals surface area contributed by atoms with Crippen LogP contribution in [-0.2, 0) is 28.6 Å². The molecular weight excluding hydrogens is 396 g/mol. The third-order valence-corrected chi connectivity index (χ3v) is 4.68. The minimum absolute atomic E-state index is 0.209. The molecule has 1 aliphatic rings. The van der Waals surface area contributed by atoms with Gasteiger partial charge < -0.3 is 24.5 Å². The number of hydrogen-bond acceptors (Lipinski definition) is 8. The third kappa shape index (κ3) is 5.46. The number of nitrogens with one attached hydrogen (secondary N) is 2. The van der Waals surface area contributed by atoms with Gasteiger partial charge >= 0.3 is 17.9 Å². The second-order valence-electron chi connectivity index (χ2n) is 7.29. The minimum Gasteiger partial charge on any atom is -0.463 e. The number of carbonyl (C=O) groups excluding carboxylic acids is 4. The average molecular weight is 422 g/mol. The Labute approximate surface area is 173 Å². The van der Waals surface area contributed by atoms with Gasteiger partial charge in [-0.15, -0.1) is 0 Å². The maximum atomic E-state index is 12.6. The Bertz CT molecular complexity index is 862. The Morgan fingerprint density at radius 2 is 1.97 bits per heavy atom. The summed E-state index contributed by atoms with van der Waals surface area (Å²) in [7, 11) is 0. The molecule has 2 rings (SSSR count). The molecule has 1 fully saturated rings. The number of ether oxygens (including phenoxy) is 3. The molecule has 0 spiro atoms. The fraction of sp³-hybridized carbons (Fsp3) is 0.550. The van der Waals surface area contributed by atoms with Crippen LogP contribution in [-0.4, -0.2) is 53.7 Å². The van der Waals surface area contributed by atoms with E-state index in [2.05, 4.69) is 10.3 Å². The van der Waals surface area contributed by atoms with E-state index in [0.717, 1.165) is 6.07 Å². The Kier molecular flexibility index (Phi) is 7.73. The van der Waals surface area contributed by atoms with Crippen LogP contribution in [0.5, 0.6) is 0 Å². The van der Waals surface area contributed by atoms with E-state index < -0.39 is 65.9 Å². The normalized spacial score (nSPS) is 24.7. The highest BCUT2D eigenvalue weighted by atomic mass is 16.6. The van der Waals surface area contributed by atoms with Gasteiger partial charge in [0.15, 0.2) is 17.6 Å². The summed E-state index contributed by atoms with van der Waals surface area (Å²) in [6.45, 7) is 6.02. The molecule has 4 atom stereocenters. The number of amides is 1. The summed E-state index contributed by atoms with van der Waals surface area (Å²) in [4.78, 5) is 64.1. The molecule has 2 heterocycles. The zero-order valence-electron chi connectivity index (χ0n) is 17.3. The number of aromatic amines is 1. The molecule has 2 N–H and O–H groups in total. The highest BCUT2D eigenvalue weighted by molar-refractivity contribution is 5.96. The number of pyridine rings is 1. The first-order chi connectivity index (χ1) is 14.1. The quantitative estimate of drug-likeness (QED) is 0.518. The van der Waals surface area contributed by atoms with Crippen molar-refractivity contribution in [2.75, 3.05) is 6.61 Å². The van der Waals surface area contributed by atoms with E-state index in [1.54, 1.807) is 20.8 Å². The van der Waals surface area contributed by atoms with Gasteiger partial charge in [0.1, 0.15) is 18.3 Å². The monoisotopic (exact) mass is 422 g/mol. The number of carbonyl (C=O) groups is 4. The molecule has 30 heavy (non-hydrogen) atoms. The van der Waals surface area contributed by atoms with Crippen molar-refractivity contribution in [2.45, 2.75) is 52.4 Å². The maximum Gasteiger partial charge on any atom is 0.332 e. The number of hydrogen-bond donors (Lipinski definition) is 2. The zero-order chi connectivity index (χ0) is 22.4. The van der Waals surface area contributed by atoms with Gasteiger partial charge in [-0.2, -0.15) is 0 Å². The van der Waals surface area contributed by atoms with Gasteiger partial charge in [-0.05, 0) is 13.3 Å². The van der Waals surface area contributed by atoms with Crippen LogP contribution >= 0.6 is 0 Å². The van der Waals surface area contributed by atoms with Crippen LogP contribution < -0.4 is 10.7 Å². The maximum absolute atomic E-state index is 12.6. The van der Waals surface area contributed by atoms with Crippen molar-refractivity contribution < 1.29 is 33.4 Å². The van der Waals surface area contributed by atoms with E-state index >= 15 is 0 Å². The summed E-state index contributed by atoms with van der Waals surface area (Å²) >= 11 is 0. The molecule has 0 aliphatic carbocycles. The first kappa shape index (κ1) is 23.1. The van der Waals surface area contributed by atoms with Crippen LogP contribution in [0.25, 0.3) is 0 Å². The Balaban J connectivity index is 2.24. The Morgan fingerprint density at radius 1 is 1.27 bits per heavy atom. The molecule has 10 nitrogen and oxygen atoms in total. The van der Waals surface area contributed by atoms with Crippen molar-refractivity contribution in [3.05, 3.63) is 34.2 Å². The fourth-order valence-corrected chi connectivity index (χ4v) is 2.91. The highest BCUT2D eigenvalue weighted by Crippen LogP contribution is 2.23. The van der Waals surface area contributed by atoms with Gasteiger partial charge in [0.2, 0.25) is 0 Å². The standard InChI is InChI=1S/C20H26N2O8/c1-5-12-16(30-18(25)10(2)3)11(4)29-20(27)14(9-28-19(12)26)22-17(24)13-8-21-7-6-15(13)23/h6-8,10-12,14,16H,5,9H2,1-4H3,(H,21,23)(H,22,24)/t11-,12+,14?,16-/m0/s1. The molecule has 1 aliphatic heterocycles. The molecule has 1 unspecified atom stereocenters. The number of esters is 3. The van der Waals surface area contributed by atoms with E-state index in [0.29, 0.717) is 0 Å². The molecule has 0 aromatic carbocycles. The summed E-state index contributed by atoms with van der Waals surface area (Å²) in [6, 6.07) is -0.168. The van der Waals surface area contributed by atoms with Gasteiger partial charge in [0.25, 0.3) is 5.91 Å². The van der Waals surface area contributed by atoms with E-state index in [1.807, 2.05) is 0 Å². The lowest BCUT2D eigenvalue weighted by Gasteiger charge is -2.29. The van der Waals surface area contributed by atoms with Crippen LogP contribution in [0.4, 0.5) is 0 Å². The van der Waals surface area contributed by atoms with Crippen LogP contribution in [0.15, 0.2) is 23.3 Å². The lowest BCUT2D eigenvalue weighted by atomic mass is 9.95. The smallest absolute Gasteiger partial charge is 0.332 e. The van der Waals surface area contributed by atoms with Gasteiger partial charge in [0.05, 0.1) is 11.8 Å². The van der Waals surface area contributed by atoms with Crippen LogP contribution in [0, 0.1) is 11.8 Å². The number of H-pyrrole nitrogens is 1. The molecule has 1 amide bonds. The van der Waals surface area contributed by atoms with Crippen molar-refractivity contribution in [1.29, 1.82) is 0 Å². The van der Waals surface area contributed by atoms with Gasteiger partial charge in [-0.3, -0.25) is 19.2 Å². The molecule has 1 saturated heterocycles. The molecule has 0 radical (unpaired) electrons.